The van der Waals surface area contributed by atoms with E-state index in [1.165, 1.54) is 11.8 Å². The van der Waals surface area contributed by atoms with Crippen molar-refractivity contribution < 1.29 is 23.5 Å². The number of benzene rings is 1. The SMILES string of the molecule is CCn1cc(NC(=O)c2ccc(COc3cccc(C)c3)o2)c(C(=O)OC)n1. The van der Waals surface area contributed by atoms with Crippen molar-refractivity contribution in [3.8, 4) is 5.75 Å². The maximum absolute atomic E-state index is 12.5. The highest BCUT2D eigenvalue weighted by Gasteiger charge is 2.21. The van der Waals surface area contributed by atoms with E-state index in [1.807, 2.05) is 38.1 Å². The fourth-order valence-corrected chi connectivity index (χ4v) is 2.54. The summed E-state index contributed by atoms with van der Waals surface area (Å²) in [6.07, 6.45) is 1.56. The average Bonchev–Trinajstić information content (AvgIpc) is 3.33. The van der Waals surface area contributed by atoms with E-state index >= 15 is 0 Å². The van der Waals surface area contributed by atoms with E-state index in [0.29, 0.717) is 12.3 Å². The molecular formula is C20H21N3O5. The van der Waals surface area contributed by atoms with Gasteiger partial charge in [-0.15, -0.1) is 0 Å². The molecule has 0 radical (unpaired) electrons. The number of anilines is 1. The Morgan fingerprint density at radius 2 is 2.07 bits per heavy atom. The van der Waals surface area contributed by atoms with E-state index in [-0.39, 0.29) is 23.7 Å². The molecular weight excluding hydrogens is 362 g/mol. The molecule has 2 heterocycles. The fourth-order valence-electron chi connectivity index (χ4n) is 2.54. The van der Waals surface area contributed by atoms with Crippen LogP contribution in [-0.2, 0) is 17.9 Å². The minimum absolute atomic E-state index is 0.0345. The van der Waals surface area contributed by atoms with Crippen molar-refractivity contribution >= 4 is 17.6 Å². The van der Waals surface area contributed by atoms with Crippen molar-refractivity contribution in [3.05, 3.63) is 65.4 Å². The number of amides is 1. The largest absolute Gasteiger partial charge is 0.486 e. The Morgan fingerprint density at radius 3 is 2.79 bits per heavy atom. The molecule has 28 heavy (non-hydrogen) atoms. The first-order valence-electron chi connectivity index (χ1n) is 8.75. The molecule has 1 aromatic carbocycles. The summed E-state index contributed by atoms with van der Waals surface area (Å²) in [5.74, 6) is 0.195. The Bertz CT molecular complexity index is 989. The number of carbonyl (C=O) groups is 2. The first kappa shape index (κ1) is 19.2. The van der Waals surface area contributed by atoms with Gasteiger partial charge in [0.15, 0.2) is 11.5 Å². The average molecular weight is 383 g/mol. The number of hydrogen-bond donors (Lipinski definition) is 1. The lowest BCUT2D eigenvalue weighted by molar-refractivity contribution is 0.0594. The third kappa shape index (κ3) is 4.40. The van der Waals surface area contributed by atoms with Gasteiger partial charge in [0.25, 0.3) is 5.91 Å². The Labute approximate surface area is 162 Å². The number of esters is 1. The van der Waals surface area contributed by atoms with E-state index in [9.17, 15) is 9.59 Å². The van der Waals surface area contributed by atoms with Crippen LogP contribution in [0, 0.1) is 6.92 Å². The minimum Gasteiger partial charge on any atom is -0.486 e. The third-order valence-electron chi connectivity index (χ3n) is 3.97. The summed E-state index contributed by atoms with van der Waals surface area (Å²) in [5.41, 5.74) is 1.38. The Balaban J connectivity index is 1.67. The smallest absolute Gasteiger partial charge is 0.360 e. The van der Waals surface area contributed by atoms with Gasteiger partial charge in [-0.1, -0.05) is 12.1 Å². The lowest BCUT2D eigenvalue weighted by Crippen LogP contribution is -2.14. The lowest BCUT2D eigenvalue weighted by Gasteiger charge is -2.05. The van der Waals surface area contributed by atoms with Crippen LogP contribution in [0.2, 0.25) is 0 Å². The minimum atomic E-state index is -0.630. The van der Waals surface area contributed by atoms with Crippen LogP contribution in [0.3, 0.4) is 0 Å². The van der Waals surface area contributed by atoms with Crippen LogP contribution in [-0.4, -0.2) is 28.8 Å². The third-order valence-corrected chi connectivity index (χ3v) is 3.97. The molecule has 0 unspecified atom stereocenters. The van der Waals surface area contributed by atoms with E-state index in [1.54, 1.807) is 18.3 Å². The van der Waals surface area contributed by atoms with Gasteiger partial charge in [-0.05, 0) is 43.7 Å². The van der Waals surface area contributed by atoms with Crippen LogP contribution in [0.25, 0.3) is 0 Å². The Hall–Kier alpha value is -3.55. The number of carbonyl (C=O) groups excluding carboxylic acids is 2. The van der Waals surface area contributed by atoms with Crippen molar-refractivity contribution in [2.75, 3.05) is 12.4 Å². The number of aryl methyl sites for hydroxylation is 2. The summed E-state index contributed by atoms with van der Waals surface area (Å²) in [7, 11) is 1.26. The van der Waals surface area contributed by atoms with Crippen molar-refractivity contribution in [2.45, 2.75) is 27.0 Å². The number of methoxy groups -OCH3 is 1. The molecule has 0 spiro atoms. The number of nitrogens with one attached hydrogen (secondary N) is 1. The van der Waals surface area contributed by atoms with Gasteiger partial charge in [-0.2, -0.15) is 5.10 Å². The molecule has 0 bridgehead atoms. The molecule has 0 fully saturated rings. The Morgan fingerprint density at radius 1 is 1.25 bits per heavy atom. The normalized spacial score (nSPS) is 10.5. The Kier molecular flexibility index (Phi) is 5.78. The second-order valence-corrected chi connectivity index (χ2v) is 6.06. The van der Waals surface area contributed by atoms with E-state index in [0.717, 1.165) is 11.3 Å². The monoisotopic (exact) mass is 383 g/mol. The highest BCUT2D eigenvalue weighted by atomic mass is 16.5. The van der Waals surface area contributed by atoms with Gasteiger partial charge >= 0.3 is 5.97 Å². The summed E-state index contributed by atoms with van der Waals surface area (Å²) < 4.78 is 17.5. The highest BCUT2D eigenvalue weighted by Crippen LogP contribution is 2.19. The number of hydrogen-bond acceptors (Lipinski definition) is 6. The van der Waals surface area contributed by atoms with Crippen molar-refractivity contribution in [1.82, 2.24) is 9.78 Å². The van der Waals surface area contributed by atoms with Crippen LogP contribution in [0.4, 0.5) is 5.69 Å². The summed E-state index contributed by atoms with van der Waals surface area (Å²) in [6, 6.07) is 10.9. The van der Waals surface area contributed by atoms with Crippen LogP contribution in [0.15, 0.2) is 47.0 Å². The first-order valence-corrected chi connectivity index (χ1v) is 8.75. The summed E-state index contributed by atoms with van der Waals surface area (Å²) in [6.45, 7) is 4.58. The number of nitrogens with zero attached hydrogens (tertiary/aromatic N) is 2. The predicted molar refractivity (Wildman–Crippen MR) is 101 cm³/mol. The standard InChI is InChI=1S/C20H21N3O5/c1-4-23-11-16(18(22-23)20(25)26-3)21-19(24)17-9-8-15(28-17)12-27-14-7-5-6-13(2)10-14/h5-11H,4,12H2,1-3H3,(H,21,24). The van der Waals surface area contributed by atoms with E-state index < -0.39 is 11.9 Å². The number of ether oxygens (including phenoxy) is 2. The van der Waals surface area contributed by atoms with Gasteiger partial charge in [-0.25, -0.2) is 4.79 Å². The zero-order chi connectivity index (χ0) is 20.1. The second-order valence-electron chi connectivity index (χ2n) is 6.06. The fraction of sp³-hybridized carbons (Fsp3) is 0.250. The molecule has 3 aromatic rings. The molecule has 0 atom stereocenters. The molecule has 8 nitrogen and oxygen atoms in total. The van der Waals surface area contributed by atoms with Crippen molar-refractivity contribution in [2.24, 2.45) is 0 Å². The lowest BCUT2D eigenvalue weighted by atomic mass is 10.2. The zero-order valence-electron chi connectivity index (χ0n) is 15.9. The first-order chi connectivity index (χ1) is 13.5. The molecule has 146 valence electrons. The molecule has 1 amide bonds. The van der Waals surface area contributed by atoms with E-state index in [2.05, 4.69) is 10.4 Å². The second kappa shape index (κ2) is 8.43. The van der Waals surface area contributed by atoms with Gasteiger partial charge in [0.1, 0.15) is 18.1 Å². The molecule has 8 heteroatoms. The van der Waals surface area contributed by atoms with Gasteiger partial charge in [0.2, 0.25) is 0 Å². The molecule has 1 N–H and O–H groups in total. The maximum Gasteiger partial charge on any atom is 0.360 e. The highest BCUT2D eigenvalue weighted by molar-refractivity contribution is 6.05. The van der Waals surface area contributed by atoms with Gasteiger partial charge < -0.3 is 19.2 Å². The van der Waals surface area contributed by atoms with E-state index in [4.69, 9.17) is 13.9 Å². The quantitative estimate of drug-likeness (QED) is 0.628. The zero-order valence-corrected chi connectivity index (χ0v) is 15.9. The van der Waals surface area contributed by atoms with Crippen molar-refractivity contribution in [3.63, 3.8) is 0 Å². The van der Waals surface area contributed by atoms with Crippen LogP contribution in [0.5, 0.6) is 5.75 Å². The predicted octanol–water partition coefficient (Wildman–Crippen LogP) is 3.42. The number of aromatic nitrogens is 2. The maximum atomic E-state index is 12.5. The summed E-state index contributed by atoms with van der Waals surface area (Å²) >= 11 is 0. The molecule has 0 aliphatic carbocycles. The van der Waals surface area contributed by atoms with Crippen LogP contribution >= 0.6 is 0 Å². The summed E-state index contributed by atoms with van der Waals surface area (Å²) in [4.78, 5) is 24.3. The molecule has 0 aliphatic rings. The van der Waals surface area contributed by atoms with Crippen LogP contribution < -0.4 is 10.1 Å². The van der Waals surface area contributed by atoms with Crippen LogP contribution in [0.1, 0.15) is 39.3 Å². The molecule has 0 aliphatic heterocycles. The van der Waals surface area contributed by atoms with Gasteiger partial charge in [0, 0.05) is 12.7 Å². The van der Waals surface area contributed by atoms with Gasteiger partial charge in [0.05, 0.1) is 12.8 Å². The van der Waals surface area contributed by atoms with Crippen molar-refractivity contribution in [1.29, 1.82) is 0 Å². The number of furan rings is 1. The summed E-state index contributed by atoms with van der Waals surface area (Å²) in [5, 5.41) is 6.73. The number of rotatable bonds is 7. The molecule has 0 saturated carbocycles. The molecule has 2 aromatic heterocycles. The molecule has 3 rings (SSSR count). The topological polar surface area (TPSA) is 95.6 Å². The van der Waals surface area contributed by atoms with Gasteiger partial charge in [-0.3, -0.25) is 9.48 Å². The molecule has 0 saturated heterocycles.